The molecule has 0 unspecified atom stereocenters. The van der Waals surface area contributed by atoms with Crippen molar-refractivity contribution in [3.05, 3.63) is 62.1 Å². The molecule has 0 bridgehead atoms. The van der Waals surface area contributed by atoms with Crippen LogP contribution in [0.5, 0.6) is 0 Å². The number of rotatable bonds is 3. The summed E-state index contributed by atoms with van der Waals surface area (Å²) in [6.45, 7) is 2.00. The van der Waals surface area contributed by atoms with Gasteiger partial charge in [-0.25, -0.2) is 4.99 Å². The second-order valence-electron chi connectivity index (χ2n) is 5.03. The van der Waals surface area contributed by atoms with Crippen LogP contribution in [0.4, 0.5) is 17.1 Å². The summed E-state index contributed by atoms with van der Waals surface area (Å²) in [5, 5.41) is 13.7. The number of carbonyl (C=O) groups is 1. The van der Waals surface area contributed by atoms with Gasteiger partial charge in [0.1, 0.15) is 5.71 Å². The highest BCUT2D eigenvalue weighted by molar-refractivity contribution is 9.10. The maximum Gasteiger partial charge on any atom is 0.275 e. The van der Waals surface area contributed by atoms with E-state index in [0.29, 0.717) is 11.3 Å². The lowest BCUT2D eigenvalue weighted by Gasteiger charge is -2.06. The summed E-state index contributed by atoms with van der Waals surface area (Å²) in [4.78, 5) is 26.9. The molecule has 0 aromatic heterocycles. The van der Waals surface area contributed by atoms with Gasteiger partial charge in [-0.1, -0.05) is 28.9 Å². The van der Waals surface area contributed by atoms with Gasteiger partial charge in [-0.2, -0.15) is 0 Å². The van der Waals surface area contributed by atoms with Crippen LogP contribution in [0, 0.1) is 10.1 Å². The number of benzene rings is 2. The molecule has 0 atom stereocenters. The van der Waals surface area contributed by atoms with E-state index < -0.39 is 4.92 Å². The van der Waals surface area contributed by atoms with Gasteiger partial charge >= 0.3 is 0 Å². The van der Waals surface area contributed by atoms with Gasteiger partial charge in [-0.15, -0.1) is 0 Å². The van der Waals surface area contributed by atoms with E-state index in [2.05, 4.69) is 26.2 Å². The van der Waals surface area contributed by atoms with E-state index in [1.807, 2.05) is 19.1 Å². The molecule has 7 heteroatoms. The van der Waals surface area contributed by atoms with E-state index in [1.54, 1.807) is 12.1 Å². The molecule has 0 saturated heterocycles. The Balaban J connectivity index is 2.12. The maximum atomic E-state index is 12.2. The molecule has 6 nitrogen and oxygen atoms in total. The molecule has 0 saturated carbocycles. The number of hydrogen-bond donors (Lipinski definition) is 1. The summed E-state index contributed by atoms with van der Waals surface area (Å²) >= 11 is 3.44. The number of anilines is 1. The fourth-order valence-corrected chi connectivity index (χ4v) is 2.99. The Hall–Kier alpha value is -2.54. The molecular weight excluding hydrogens is 362 g/mol. The van der Waals surface area contributed by atoms with Gasteiger partial charge in [0.2, 0.25) is 0 Å². The molecule has 2 aromatic carbocycles. The van der Waals surface area contributed by atoms with Crippen LogP contribution in [0.3, 0.4) is 0 Å². The summed E-state index contributed by atoms with van der Waals surface area (Å²) in [5.74, 6) is -0.306. The van der Waals surface area contributed by atoms with Crippen LogP contribution < -0.4 is 5.32 Å². The minimum absolute atomic E-state index is 0.0611. The predicted octanol–water partition coefficient (Wildman–Crippen LogP) is 3.99. The molecule has 0 fully saturated rings. The zero-order valence-electron chi connectivity index (χ0n) is 12.2. The van der Waals surface area contributed by atoms with E-state index in [9.17, 15) is 14.9 Å². The van der Waals surface area contributed by atoms with Gasteiger partial charge in [0.05, 0.1) is 16.3 Å². The lowest BCUT2D eigenvalue weighted by molar-refractivity contribution is -0.384. The fourth-order valence-electron chi connectivity index (χ4n) is 2.49. The van der Waals surface area contributed by atoms with Crippen molar-refractivity contribution in [1.82, 2.24) is 0 Å². The van der Waals surface area contributed by atoms with E-state index >= 15 is 0 Å². The molecule has 1 amide bonds. The third-order valence-corrected chi connectivity index (χ3v) is 4.01. The van der Waals surface area contributed by atoms with Crippen molar-refractivity contribution in [3.63, 3.8) is 0 Å². The highest BCUT2D eigenvalue weighted by Crippen LogP contribution is 2.33. The third kappa shape index (κ3) is 2.87. The summed E-state index contributed by atoms with van der Waals surface area (Å²) in [6.07, 6.45) is 0.770. The zero-order valence-corrected chi connectivity index (χ0v) is 13.8. The van der Waals surface area contributed by atoms with Crippen LogP contribution in [-0.2, 0) is 11.2 Å². The summed E-state index contributed by atoms with van der Waals surface area (Å²) in [5.41, 5.74) is 3.03. The second kappa shape index (κ2) is 5.92. The first-order valence-electron chi connectivity index (χ1n) is 6.97. The van der Waals surface area contributed by atoms with Gasteiger partial charge in [-0.05, 0) is 30.2 Å². The number of nitrogens with zero attached hydrogens (tertiary/aromatic N) is 2. The summed E-state index contributed by atoms with van der Waals surface area (Å²) < 4.78 is 0.858. The summed E-state index contributed by atoms with van der Waals surface area (Å²) in [6, 6.07) is 9.68. The Morgan fingerprint density at radius 3 is 2.78 bits per heavy atom. The number of carbonyl (C=O) groups excluding carboxylic acids is 1. The Morgan fingerprint density at radius 1 is 1.30 bits per heavy atom. The Kier molecular flexibility index (Phi) is 3.96. The van der Waals surface area contributed by atoms with E-state index in [0.717, 1.165) is 22.1 Å². The molecular formula is C16H12BrN3O3. The number of aliphatic imine (C=N–C) groups is 1. The maximum absolute atomic E-state index is 12.2. The number of nitro benzene ring substituents is 1. The molecule has 0 spiro atoms. The van der Waals surface area contributed by atoms with Crippen LogP contribution in [0.15, 0.2) is 45.9 Å². The van der Waals surface area contributed by atoms with Crippen molar-refractivity contribution >= 4 is 44.6 Å². The van der Waals surface area contributed by atoms with Crippen molar-refractivity contribution in [2.24, 2.45) is 4.99 Å². The number of halogens is 1. The minimum atomic E-state index is -0.488. The standard InChI is InChI=1S/C16H12BrN3O3/c1-2-9-6-10(17)7-13-14(9)19-16(21)15(13)18-11-4-3-5-12(8-11)20(22)23/h3-8H,2H2,1H3,(H,18,19,21). The number of nitro groups is 1. The number of amides is 1. The monoisotopic (exact) mass is 373 g/mol. The Labute approximate surface area is 140 Å². The smallest absolute Gasteiger partial charge is 0.275 e. The molecule has 0 radical (unpaired) electrons. The average molecular weight is 374 g/mol. The molecule has 1 aliphatic heterocycles. The minimum Gasteiger partial charge on any atom is -0.320 e. The number of nitrogens with one attached hydrogen (secondary N) is 1. The largest absolute Gasteiger partial charge is 0.320 e. The van der Waals surface area contributed by atoms with Crippen molar-refractivity contribution in [2.75, 3.05) is 5.32 Å². The topological polar surface area (TPSA) is 84.6 Å². The number of non-ortho nitro benzene ring substituents is 1. The normalized spacial score (nSPS) is 14.7. The Morgan fingerprint density at radius 2 is 2.09 bits per heavy atom. The highest BCUT2D eigenvalue weighted by Gasteiger charge is 2.28. The van der Waals surface area contributed by atoms with E-state index in [4.69, 9.17) is 0 Å². The highest BCUT2D eigenvalue weighted by atomic mass is 79.9. The van der Waals surface area contributed by atoms with Crippen molar-refractivity contribution in [2.45, 2.75) is 13.3 Å². The molecule has 116 valence electrons. The van der Waals surface area contributed by atoms with Gasteiger partial charge < -0.3 is 5.32 Å². The van der Waals surface area contributed by atoms with Crippen LogP contribution in [0.1, 0.15) is 18.1 Å². The van der Waals surface area contributed by atoms with Crippen LogP contribution in [-0.4, -0.2) is 16.5 Å². The van der Waals surface area contributed by atoms with Gasteiger partial charge in [0.15, 0.2) is 0 Å². The van der Waals surface area contributed by atoms with Crippen LogP contribution in [0.2, 0.25) is 0 Å². The first kappa shape index (κ1) is 15.4. The molecule has 3 rings (SSSR count). The quantitative estimate of drug-likeness (QED) is 0.651. The predicted molar refractivity (Wildman–Crippen MR) is 91.4 cm³/mol. The first-order chi connectivity index (χ1) is 11.0. The first-order valence-corrected chi connectivity index (χ1v) is 7.76. The van der Waals surface area contributed by atoms with Crippen molar-refractivity contribution in [3.8, 4) is 0 Å². The molecule has 23 heavy (non-hydrogen) atoms. The number of fused-ring (bicyclic) bond motifs is 1. The molecule has 1 heterocycles. The Bertz CT molecular complexity index is 862. The van der Waals surface area contributed by atoms with Crippen LogP contribution in [0.25, 0.3) is 0 Å². The zero-order chi connectivity index (χ0) is 16.6. The molecule has 1 aliphatic rings. The van der Waals surface area contributed by atoms with E-state index in [-0.39, 0.29) is 17.3 Å². The average Bonchev–Trinajstić information content (AvgIpc) is 2.83. The molecule has 0 aliphatic carbocycles. The van der Waals surface area contributed by atoms with Gasteiger partial charge in [0, 0.05) is 22.2 Å². The van der Waals surface area contributed by atoms with Gasteiger partial charge in [0.25, 0.3) is 11.6 Å². The second-order valence-corrected chi connectivity index (χ2v) is 5.95. The van der Waals surface area contributed by atoms with Crippen LogP contribution >= 0.6 is 15.9 Å². The third-order valence-electron chi connectivity index (χ3n) is 3.56. The fraction of sp³-hybridized carbons (Fsp3) is 0.125. The van der Waals surface area contributed by atoms with Crippen molar-refractivity contribution in [1.29, 1.82) is 0 Å². The lowest BCUT2D eigenvalue weighted by Crippen LogP contribution is -2.14. The lowest BCUT2D eigenvalue weighted by atomic mass is 10.0. The number of aryl methyl sites for hydroxylation is 1. The number of hydrogen-bond acceptors (Lipinski definition) is 4. The van der Waals surface area contributed by atoms with Gasteiger partial charge in [-0.3, -0.25) is 14.9 Å². The SMILES string of the molecule is CCc1cc(Br)cc2c1NC(=O)C2=Nc1cccc([N+](=O)[O-])c1. The van der Waals surface area contributed by atoms with E-state index in [1.165, 1.54) is 12.1 Å². The van der Waals surface area contributed by atoms with Crippen molar-refractivity contribution < 1.29 is 9.72 Å². The molecule has 1 N–H and O–H groups in total. The summed E-state index contributed by atoms with van der Waals surface area (Å²) in [7, 11) is 0. The molecule has 2 aromatic rings.